The summed E-state index contributed by atoms with van der Waals surface area (Å²) in [5, 5.41) is 9.94. The van der Waals surface area contributed by atoms with Gasteiger partial charge < -0.3 is 10.0 Å². The number of aliphatic hydroxyl groups excluding tert-OH is 1. The summed E-state index contributed by atoms with van der Waals surface area (Å²) in [5.41, 5.74) is 0. The predicted octanol–water partition coefficient (Wildman–Crippen LogP) is 1.90. The molecule has 1 N–H and O–H groups in total. The number of hydrogen-bond acceptors (Lipinski definition) is 2. The summed E-state index contributed by atoms with van der Waals surface area (Å²) >= 11 is 0. The molecule has 3 heteroatoms. The molecule has 4 fully saturated rings. The molecule has 1 aliphatic heterocycles. The molecule has 19 heavy (non-hydrogen) atoms. The van der Waals surface area contributed by atoms with Crippen LogP contribution in [0.1, 0.15) is 39.0 Å². The Kier molecular flexibility index (Phi) is 2.70. The van der Waals surface area contributed by atoms with Crippen LogP contribution in [-0.2, 0) is 4.79 Å². The van der Waals surface area contributed by atoms with Crippen molar-refractivity contribution in [3.8, 4) is 0 Å². The highest BCUT2D eigenvalue weighted by Crippen LogP contribution is 2.69. The van der Waals surface area contributed by atoms with Crippen molar-refractivity contribution in [1.82, 2.24) is 4.90 Å². The topological polar surface area (TPSA) is 40.5 Å². The second kappa shape index (κ2) is 4.21. The van der Waals surface area contributed by atoms with Gasteiger partial charge in [0, 0.05) is 24.9 Å². The van der Waals surface area contributed by atoms with Crippen LogP contribution >= 0.6 is 0 Å². The lowest BCUT2D eigenvalue weighted by molar-refractivity contribution is -0.137. The molecular weight excluding hydrogens is 238 g/mol. The monoisotopic (exact) mass is 263 g/mol. The maximum Gasteiger partial charge on any atom is 0.226 e. The first-order chi connectivity index (χ1) is 9.20. The zero-order valence-corrected chi connectivity index (χ0v) is 11.8. The Hall–Kier alpha value is -0.570. The van der Waals surface area contributed by atoms with E-state index in [-0.39, 0.29) is 6.10 Å². The third-order valence-electron chi connectivity index (χ3n) is 6.55. The molecule has 0 aromatic heterocycles. The van der Waals surface area contributed by atoms with Gasteiger partial charge in [-0.1, -0.05) is 6.92 Å². The van der Waals surface area contributed by atoms with Gasteiger partial charge in [-0.2, -0.15) is 0 Å². The van der Waals surface area contributed by atoms with Crippen LogP contribution in [0, 0.1) is 35.5 Å². The average Bonchev–Trinajstić information content (AvgIpc) is 2.86. The van der Waals surface area contributed by atoms with Crippen molar-refractivity contribution in [3.05, 3.63) is 0 Å². The maximum atomic E-state index is 12.7. The van der Waals surface area contributed by atoms with Gasteiger partial charge in [0.15, 0.2) is 0 Å². The van der Waals surface area contributed by atoms with Gasteiger partial charge in [0.2, 0.25) is 5.91 Å². The van der Waals surface area contributed by atoms with Crippen molar-refractivity contribution in [2.45, 2.75) is 45.1 Å². The highest BCUT2D eigenvalue weighted by molar-refractivity contribution is 5.83. The Balaban J connectivity index is 1.42. The maximum absolute atomic E-state index is 12.7. The van der Waals surface area contributed by atoms with Crippen molar-refractivity contribution < 1.29 is 9.90 Å². The van der Waals surface area contributed by atoms with Gasteiger partial charge in [-0.3, -0.25) is 4.79 Å². The predicted molar refractivity (Wildman–Crippen MR) is 72.3 cm³/mol. The highest BCUT2D eigenvalue weighted by atomic mass is 16.3. The molecule has 1 saturated heterocycles. The van der Waals surface area contributed by atoms with Crippen LogP contribution in [0.2, 0.25) is 0 Å². The molecule has 3 saturated carbocycles. The third kappa shape index (κ3) is 1.70. The van der Waals surface area contributed by atoms with Crippen LogP contribution < -0.4 is 0 Å². The van der Waals surface area contributed by atoms with E-state index in [4.69, 9.17) is 0 Å². The van der Waals surface area contributed by atoms with Gasteiger partial charge in [0.25, 0.3) is 0 Å². The minimum absolute atomic E-state index is 0.191. The molecule has 6 unspecified atom stereocenters. The van der Waals surface area contributed by atoms with E-state index < -0.39 is 0 Å². The fourth-order valence-corrected chi connectivity index (χ4v) is 5.49. The van der Waals surface area contributed by atoms with Crippen LogP contribution in [0.25, 0.3) is 0 Å². The fraction of sp³-hybridized carbons (Fsp3) is 0.938. The summed E-state index contributed by atoms with van der Waals surface area (Å²) in [5.74, 6) is 4.35. The van der Waals surface area contributed by atoms with Gasteiger partial charge in [0.05, 0.1) is 6.10 Å². The van der Waals surface area contributed by atoms with Crippen LogP contribution in [0.5, 0.6) is 0 Å². The lowest BCUT2D eigenvalue weighted by Gasteiger charge is -2.36. The number of rotatable bonds is 2. The zero-order chi connectivity index (χ0) is 13.1. The number of hydrogen-bond donors (Lipinski definition) is 1. The molecule has 4 aliphatic rings. The Morgan fingerprint density at radius 1 is 1.21 bits per heavy atom. The third-order valence-corrected chi connectivity index (χ3v) is 6.55. The van der Waals surface area contributed by atoms with Crippen molar-refractivity contribution in [2.75, 3.05) is 13.1 Å². The van der Waals surface area contributed by atoms with Crippen molar-refractivity contribution in [2.24, 2.45) is 35.5 Å². The first kappa shape index (κ1) is 12.2. The number of aliphatic hydroxyl groups is 1. The van der Waals surface area contributed by atoms with E-state index >= 15 is 0 Å². The standard InChI is InChI=1S/C16H25NO2/c1-2-9-8-17(6-5-12(9)18)16(19)15-13-10-3-4-11(7-10)14(13)15/h9-15,18H,2-8H2,1H3. The Bertz CT molecular complexity index is 380. The summed E-state index contributed by atoms with van der Waals surface area (Å²) in [6, 6.07) is 0. The smallest absolute Gasteiger partial charge is 0.226 e. The van der Waals surface area contributed by atoms with Crippen LogP contribution in [0.3, 0.4) is 0 Å². The number of carbonyl (C=O) groups is 1. The first-order valence-electron chi connectivity index (χ1n) is 8.17. The Morgan fingerprint density at radius 3 is 2.53 bits per heavy atom. The molecule has 0 radical (unpaired) electrons. The molecule has 0 aromatic carbocycles. The normalized spacial score (nSPS) is 51.3. The number of fused-ring (bicyclic) bond motifs is 5. The molecule has 3 nitrogen and oxygen atoms in total. The second-order valence-corrected chi connectivity index (χ2v) is 7.32. The van der Waals surface area contributed by atoms with E-state index in [0.29, 0.717) is 17.7 Å². The highest BCUT2D eigenvalue weighted by Gasteiger charge is 2.68. The van der Waals surface area contributed by atoms with E-state index in [9.17, 15) is 9.90 Å². The molecule has 2 bridgehead atoms. The number of likely N-dealkylation sites (tertiary alicyclic amines) is 1. The summed E-state index contributed by atoms with van der Waals surface area (Å²) in [6.45, 7) is 3.69. The number of carbonyl (C=O) groups excluding carboxylic acids is 1. The van der Waals surface area contributed by atoms with Crippen LogP contribution in [0.4, 0.5) is 0 Å². The van der Waals surface area contributed by atoms with Gasteiger partial charge in [-0.05, 0) is 55.8 Å². The van der Waals surface area contributed by atoms with E-state index in [1.807, 2.05) is 0 Å². The lowest BCUT2D eigenvalue weighted by atomic mass is 9.91. The minimum Gasteiger partial charge on any atom is -0.393 e. The van der Waals surface area contributed by atoms with E-state index in [1.165, 1.54) is 19.3 Å². The lowest BCUT2D eigenvalue weighted by Crippen LogP contribution is -2.46. The molecule has 1 amide bonds. The first-order valence-corrected chi connectivity index (χ1v) is 8.17. The molecule has 1 heterocycles. The summed E-state index contributed by atoms with van der Waals surface area (Å²) in [4.78, 5) is 14.8. The molecule has 0 aromatic rings. The largest absolute Gasteiger partial charge is 0.393 e. The number of piperidine rings is 1. The van der Waals surface area contributed by atoms with Crippen molar-refractivity contribution in [3.63, 3.8) is 0 Å². The van der Waals surface area contributed by atoms with E-state index in [2.05, 4.69) is 11.8 Å². The SMILES string of the molecule is CCC1CN(C(=O)C2C3C4CCC(C4)C23)CCC1O. The molecule has 6 atom stereocenters. The average molecular weight is 263 g/mol. The second-order valence-electron chi connectivity index (χ2n) is 7.32. The number of nitrogens with zero attached hydrogens (tertiary/aromatic N) is 1. The summed E-state index contributed by atoms with van der Waals surface area (Å²) in [7, 11) is 0. The van der Waals surface area contributed by atoms with Crippen molar-refractivity contribution >= 4 is 5.91 Å². The van der Waals surface area contributed by atoms with E-state index in [0.717, 1.165) is 49.6 Å². The van der Waals surface area contributed by atoms with Crippen molar-refractivity contribution in [1.29, 1.82) is 0 Å². The molecule has 0 spiro atoms. The van der Waals surface area contributed by atoms with Gasteiger partial charge in [-0.15, -0.1) is 0 Å². The molecular formula is C16H25NO2. The summed E-state index contributed by atoms with van der Waals surface area (Å²) in [6.07, 6.45) is 5.74. The van der Waals surface area contributed by atoms with Crippen LogP contribution in [0.15, 0.2) is 0 Å². The van der Waals surface area contributed by atoms with Gasteiger partial charge in [-0.25, -0.2) is 0 Å². The van der Waals surface area contributed by atoms with Gasteiger partial charge >= 0.3 is 0 Å². The fourth-order valence-electron chi connectivity index (χ4n) is 5.49. The quantitative estimate of drug-likeness (QED) is 0.826. The summed E-state index contributed by atoms with van der Waals surface area (Å²) < 4.78 is 0. The van der Waals surface area contributed by atoms with Gasteiger partial charge in [0.1, 0.15) is 0 Å². The van der Waals surface area contributed by atoms with E-state index in [1.54, 1.807) is 0 Å². The Morgan fingerprint density at radius 2 is 1.89 bits per heavy atom. The minimum atomic E-state index is -0.191. The molecule has 4 rings (SSSR count). The van der Waals surface area contributed by atoms with Crippen LogP contribution in [-0.4, -0.2) is 35.1 Å². The molecule has 106 valence electrons. The number of amides is 1. The zero-order valence-electron chi connectivity index (χ0n) is 11.8. The molecule has 3 aliphatic carbocycles. The Labute approximate surface area is 115 Å².